The van der Waals surface area contributed by atoms with Crippen LogP contribution in [0, 0.1) is 0 Å². The Morgan fingerprint density at radius 1 is 1.50 bits per heavy atom. The minimum atomic E-state index is -0.940. The average Bonchev–Trinajstić information content (AvgIpc) is 2.82. The van der Waals surface area contributed by atoms with Crippen LogP contribution >= 0.6 is 0 Å². The molecular formula is C12H20N2O4. The fourth-order valence-electron chi connectivity index (χ4n) is 1.87. The lowest BCUT2D eigenvalue weighted by Crippen LogP contribution is -2.46. The Labute approximate surface area is 107 Å². The van der Waals surface area contributed by atoms with Crippen LogP contribution in [0.15, 0.2) is 12.7 Å². The quantitative estimate of drug-likeness (QED) is 0.522. The van der Waals surface area contributed by atoms with Crippen molar-refractivity contribution in [3.8, 4) is 0 Å². The molecule has 0 bridgehead atoms. The smallest absolute Gasteiger partial charge is 0.326 e. The average molecular weight is 256 g/mol. The van der Waals surface area contributed by atoms with E-state index in [9.17, 15) is 9.59 Å². The molecule has 0 aromatic carbocycles. The van der Waals surface area contributed by atoms with Gasteiger partial charge in [0.2, 0.25) is 0 Å². The molecule has 1 rings (SSSR count). The van der Waals surface area contributed by atoms with Gasteiger partial charge in [-0.15, -0.1) is 6.58 Å². The number of rotatable bonds is 7. The van der Waals surface area contributed by atoms with E-state index in [0.717, 1.165) is 12.8 Å². The monoisotopic (exact) mass is 256 g/mol. The van der Waals surface area contributed by atoms with E-state index in [1.807, 2.05) is 0 Å². The molecule has 0 aromatic rings. The molecular weight excluding hydrogens is 236 g/mol. The molecule has 0 saturated carbocycles. The molecule has 1 aliphatic rings. The molecule has 0 aromatic heterocycles. The number of ether oxygens (including phenoxy) is 1. The van der Waals surface area contributed by atoms with Gasteiger partial charge in [-0.2, -0.15) is 0 Å². The molecule has 1 atom stereocenters. The largest absolute Gasteiger partial charge is 0.480 e. The minimum Gasteiger partial charge on any atom is -0.480 e. The Balaban J connectivity index is 2.20. The zero-order chi connectivity index (χ0) is 13.4. The first-order valence-electron chi connectivity index (χ1n) is 6.12. The Bertz CT molecular complexity index is 306. The van der Waals surface area contributed by atoms with Crippen LogP contribution in [0.5, 0.6) is 0 Å². The fourth-order valence-corrected chi connectivity index (χ4v) is 1.87. The number of nitrogens with zero attached hydrogens (tertiary/aromatic N) is 1. The number of carbonyl (C=O) groups excluding carboxylic acids is 1. The Hall–Kier alpha value is -1.56. The van der Waals surface area contributed by atoms with Gasteiger partial charge in [-0.25, -0.2) is 9.59 Å². The van der Waals surface area contributed by atoms with Crippen LogP contribution in [0.2, 0.25) is 0 Å². The van der Waals surface area contributed by atoms with E-state index in [4.69, 9.17) is 9.84 Å². The van der Waals surface area contributed by atoms with Crippen molar-refractivity contribution >= 4 is 12.0 Å². The number of urea groups is 1. The second-order valence-electron chi connectivity index (χ2n) is 4.11. The summed E-state index contributed by atoms with van der Waals surface area (Å²) in [5, 5.41) is 11.6. The van der Waals surface area contributed by atoms with E-state index < -0.39 is 12.0 Å². The molecule has 0 radical (unpaired) electrons. The summed E-state index contributed by atoms with van der Waals surface area (Å²) in [5.74, 6) is -0.940. The lowest BCUT2D eigenvalue weighted by Gasteiger charge is -2.21. The molecule has 1 aliphatic heterocycles. The van der Waals surface area contributed by atoms with E-state index >= 15 is 0 Å². The highest BCUT2D eigenvalue weighted by Gasteiger charge is 2.33. The zero-order valence-electron chi connectivity index (χ0n) is 10.4. The fraction of sp³-hybridized carbons (Fsp3) is 0.667. The van der Waals surface area contributed by atoms with Crippen molar-refractivity contribution in [2.24, 2.45) is 0 Å². The number of hydrogen-bond donors (Lipinski definition) is 2. The summed E-state index contributed by atoms with van der Waals surface area (Å²) >= 11 is 0. The molecule has 2 N–H and O–H groups in total. The number of hydrogen-bond acceptors (Lipinski definition) is 3. The van der Waals surface area contributed by atoms with Gasteiger partial charge in [-0.1, -0.05) is 6.08 Å². The molecule has 2 amide bonds. The van der Waals surface area contributed by atoms with Gasteiger partial charge in [0.25, 0.3) is 0 Å². The van der Waals surface area contributed by atoms with Gasteiger partial charge >= 0.3 is 12.0 Å². The Morgan fingerprint density at radius 2 is 2.28 bits per heavy atom. The number of carboxylic acid groups (broad SMARTS) is 1. The number of aliphatic carboxylic acids is 1. The standard InChI is InChI=1S/C12H20N2O4/c1-2-3-8-18-9-6-13-12(17)14-7-4-5-10(14)11(15)16/h2,10H,1,3-9H2,(H,13,17)(H,15,16)/t10-/m1/s1. The number of amides is 2. The molecule has 6 heteroatoms. The maximum absolute atomic E-state index is 11.7. The highest BCUT2D eigenvalue weighted by Crippen LogP contribution is 2.16. The molecule has 102 valence electrons. The summed E-state index contributed by atoms with van der Waals surface area (Å²) < 4.78 is 5.24. The third-order valence-electron chi connectivity index (χ3n) is 2.79. The molecule has 1 saturated heterocycles. The second kappa shape index (κ2) is 7.71. The van der Waals surface area contributed by atoms with Crippen LogP contribution in [0.3, 0.4) is 0 Å². The van der Waals surface area contributed by atoms with Crippen molar-refractivity contribution < 1.29 is 19.4 Å². The van der Waals surface area contributed by atoms with Gasteiger partial charge in [-0.05, 0) is 19.3 Å². The van der Waals surface area contributed by atoms with Crippen molar-refractivity contribution in [1.82, 2.24) is 10.2 Å². The Morgan fingerprint density at radius 3 is 2.94 bits per heavy atom. The molecule has 0 aliphatic carbocycles. The van der Waals surface area contributed by atoms with E-state index in [1.165, 1.54) is 4.90 Å². The van der Waals surface area contributed by atoms with Crippen molar-refractivity contribution in [3.63, 3.8) is 0 Å². The SMILES string of the molecule is C=CCCOCCNC(=O)N1CCC[C@@H]1C(=O)O. The topological polar surface area (TPSA) is 78.9 Å². The third-order valence-corrected chi connectivity index (χ3v) is 2.79. The highest BCUT2D eigenvalue weighted by atomic mass is 16.5. The lowest BCUT2D eigenvalue weighted by molar-refractivity contribution is -0.141. The first kappa shape index (κ1) is 14.5. The van der Waals surface area contributed by atoms with E-state index in [1.54, 1.807) is 6.08 Å². The summed E-state index contributed by atoms with van der Waals surface area (Å²) in [6, 6.07) is -1.01. The third kappa shape index (κ3) is 4.37. The van der Waals surface area contributed by atoms with Gasteiger partial charge < -0.3 is 20.1 Å². The normalized spacial score (nSPS) is 18.7. The van der Waals surface area contributed by atoms with Crippen LogP contribution in [0.25, 0.3) is 0 Å². The van der Waals surface area contributed by atoms with Gasteiger partial charge in [0.15, 0.2) is 0 Å². The first-order valence-corrected chi connectivity index (χ1v) is 6.12. The van der Waals surface area contributed by atoms with Crippen LogP contribution in [-0.4, -0.2) is 54.4 Å². The van der Waals surface area contributed by atoms with Crippen LogP contribution in [0.1, 0.15) is 19.3 Å². The number of carbonyl (C=O) groups is 2. The predicted molar refractivity (Wildman–Crippen MR) is 66.4 cm³/mol. The lowest BCUT2D eigenvalue weighted by atomic mass is 10.2. The molecule has 18 heavy (non-hydrogen) atoms. The summed E-state index contributed by atoms with van der Waals surface area (Å²) in [7, 11) is 0. The highest BCUT2D eigenvalue weighted by molar-refractivity contribution is 5.83. The molecule has 0 unspecified atom stereocenters. The number of likely N-dealkylation sites (tertiary alicyclic amines) is 1. The van der Waals surface area contributed by atoms with Crippen molar-refractivity contribution in [1.29, 1.82) is 0 Å². The van der Waals surface area contributed by atoms with E-state index in [2.05, 4.69) is 11.9 Å². The zero-order valence-corrected chi connectivity index (χ0v) is 10.4. The molecule has 0 spiro atoms. The van der Waals surface area contributed by atoms with Gasteiger partial charge in [0, 0.05) is 13.1 Å². The van der Waals surface area contributed by atoms with Crippen LogP contribution in [-0.2, 0) is 9.53 Å². The van der Waals surface area contributed by atoms with Gasteiger partial charge in [0.1, 0.15) is 6.04 Å². The van der Waals surface area contributed by atoms with Gasteiger partial charge in [-0.3, -0.25) is 0 Å². The maximum Gasteiger partial charge on any atom is 0.326 e. The maximum atomic E-state index is 11.7. The second-order valence-corrected chi connectivity index (χ2v) is 4.11. The Kier molecular flexibility index (Phi) is 6.21. The predicted octanol–water partition coefficient (Wildman–Crippen LogP) is 0.838. The first-order chi connectivity index (χ1) is 8.66. The van der Waals surface area contributed by atoms with E-state index in [0.29, 0.717) is 32.7 Å². The van der Waals surface area contributed by atoms with Crippen molar-refractivity contribution in [2.75, 3.05) is 26.3 Å². The van der Waals surface area contributed by atoms with Crippen molar-refractivity contribution in [2.45, 2.75) is 25.3 Å². The summed E-state index contributed by atoms with van der Waals surface area (Å²) in [4.78, 5) is 24.0. The summed E-state index contributed by atoms with van der Waals surface area (Å²) in [5.41, 5.74) is 0. The van der Waals surface area contributed by atoms with E-state index in [-0.39, 0.29) is 6.03 Å². The number of carboxylic acids is 1. The van der Waals surface area contributed by atoms with Crippen LogP contribution < -0.4 is 5.32 Å². The number of nitrogens with one attached hydrogen (secondary N) is 1. The molecule has 6 nitrogen and oxygen atoms in total. The minimum absolute atomic E-state index is 0.327. The summed E-state index contributed by atoms with van der Waals surface area (Å²) in [6.07, 6.45) is 3.81. The molecule has 1 fully saturated rings. The van der Waals surface area contributed by atoms with Crippen molar-refractivity contribution in [3.05, 3.63) is 12.7 Å². The summed E-state index contributed by atoms with van der Waals surface area (Å²) in [6.45, 7) is 5.47. The van der Waals surface area contributed by atoms with Gasteiger partial charge in [0.05, 0.1) is 13.2 Å². The van der Waals surface area contributed by atoms with Crippen LogP contribution in [0.4, 0.5) is 4.79 Å². The molecule has 1 heterocycles.